The van der Waals surface area contributed by atoms with E-state index in [2.05, 4.69) is 5.32 Å². The lowest BCUT2D eigenvalue weighted by atomic mass is 10.0. The van der Waals surface area contributed by atoms with Crippen LogP contribution in [0.2, 0.25) is 0 Å². The fraction of sp³-hybridized carbons (Fsp3) is 0.565. The van der Waals surface area contributed by atoms with E-state index in [1.54, 1.807) is 40.0 Å². The minimum absolute atomic E-state index is 0.205. The number of ether oxygens (including phenoxy) is 5. The average molecular weight is 438 g/mol. The largest absolute Gasteiger partial charge is 0.497 e. The van der Waals surface area contributed by atoms with Gasteiger partial charge >= 0.3 is 12.1 Å². The predicted molar refractivity (Wildman–Crippen MR) is 117 cm³/mol. The van der Waals surface area contributed by atoms with Gasteiger partial charge in [-0.15, -0.1) is 0 Å². The first-order valence-electron chi connectivity index (χ1n) is 10.1. The third-order valence-corrected chi connectivity index (χ3v) is 3.99. The Balaban J connectivity index is 3.28. The Morgan fingerprint density at radius 1 is 1.06 bits per heavy atom. The molecule has 0 saturated heterocycles. The highest BCUT2D eigenvalue weighted by molar-refractivity contribution is 5.82. The van der Waals surface area contributed by atoms with E-state index in [1.807, 2.05) is 19.9 Å². The van der Waals surface area contributed by atoms with E-state index in [4.69, 9.17) is 23.7 Å². The zero-order valence-corrected chi connectivity index (χ0v) is 19.7. The van der Waals surface area contributed by atoms with Crippen molar-refractivity contribution >= 4 is 12.1 Å². The van der Waals surface area contributed by atoms with Crippen molar-refractivity contribution in [1.82, 2.24) is 5.32 Å². The molecule has 0 aliphatic rings. The highest BCUT2D eigenvalue weighted by Gasteiger charge is 2.24. The van der Waals surface area contributed by atoms with Gasteiger partial charge in [0, 0.05) is 6.42 Å². The Hall–Kier alpha value is -2.90. The molecule has 0 radical (unpaired) electrons. The number of methoxy groups -OCH3 is 3. The molecule has 0 aliphatic carbocycles. The van der Waals surface area contributed by atoms with Gasteiger partial charge in [0.15, 0.2) is 11.5 Å². The fourth-order valence-electron chi connectivity index (χ4n) is 2.60. The quantitative estimate of drug-likeness (QED) is 0.330. The molecule has 0 aliphatic heterocycles. The van der Waals surface area contributed by atoms with Gasteiger partial charge in [0.1, 0.15) is 11.4 Å². The van der Waals surface area contributed by atoms with Crippen LogP contribution in [0.1, 0.15) is 52.6 Å². The van der Waals surface area contributed by atoms with Crippen molar-refractivity contribution in [2.24, 2.45) is 5.92 Å². The third-order valence-electron chi connectivity index (χ3n) is 3.99. The van der Waals surface area contributed by atoms with Crippen molar-refractivity contribution in [2.75, 3.05) is 27.9 Å². The minimum atomic E-state index is -0.662. The number of alkyl carbamates (subject to hydrolysis) is 1. The van der Waals surface area contributed by atoms with Crippen LogP contribution in [0.3, 0.4) is 0 Å². The van der Waals surface area contributed by atoms with Crippen molar-refractivity contribution in [3.63, 3.8) is 0 Å². The third kappa shape index (κ3) is 9.63. The SMILES string of the molecule is COC(=O)/C=C(/CC(NC(=O)OC(C)(C)C)c1ccc(OC)c(OC)c1)OCC(C)C. The lowest BCUT2D eigenvalue weighted by molar-refractivity contribution is -0.135. The van der Waals surface area contributed by atoms with Gasteiger partial charge in [-0.3, -0.25) is 0 Å². The van der Waals surface area contributed by atoms with E-state index >= 15 is 0 Å². The molecule has 0 saturated carbocycles. The number of hydrogen-bond acceptors (Lipinski definition) is 7. The van der Waals surface area contributed by atoms with E-state index in [9.17, 15) is 9.59 Å². The number of amides is 1. The van der Waals surface area contributed by atoms with E-state index in [0.717, 1.165) is 5.56 Å². The summed E-state index contributed by atoms with van der Waals surface area (Å²) in [6.45, 7) is 9.76. The lowest BCUT2D eigenvalue weighted by Crippen LogP contribution is -2.35. The molecule has 1 aromatic rings. The zero-order chi connectivity index (χ0) is 23.6. The zero-order valence-electron chi connectivity index (χ0n) is 19.7. The number of nitrogens with one attached hydrogen (secondary N) is 1. The van der Waals surface area contributed by atoms with Gasteiger partial charge < -0.3 is 29.0 Å². The molecule has 1 unspecified atom stereocenters. The number of benzene rings is 1. The second kappa shape index (κ2) is 12.1. The van der Waals surface area contributed by atoms with E-state index < -0.39 is 23.7 Å². The Kier molecular flexibility index (Phi) is 10.2. The smallest absolute Gasteiger partial charge is 0.408 e. The van der Waals surface area contributed by atoms with Gasteiger partial charge in [0.2, 0.25) is 0 Å². The molecular weight excluding hydrogens is 402 g/mol. The molecule has 0 aromatic heterocycles. The van der Waals surface area contributed by atoms with Gasteiger partial charge in [-0.05, 0) is 44.4 Å². The van der Waals surface area contributed by atoms with Crippen LogP contribution < -0.4 is 14.8 Å². The first kappa shape index (κ1) is 26.1. The van der Waals surface area contributed by atoms with E-state index in [-0.39, 0.29) is 12.3 Å². The predicted octanol–water partition coefficient (Wildman–Crippen LogP) is 4.39. The van der Waals surface area contributed by atoms with Crippen LogP contribution in [0.4, 0.5) is 4.79 Å². The van der Waals surface area contributed by atoms with Crippen LogP contribution in [0.25, 0.3) is 0 Å². The van der Waals surface area contributed by atoms with Crippen molar-refractivity contribution in [2.45, 2.75) is 52.7 Å². The van der Waals surface area contributed by atoms with Crippen LogP contribution in [0, 0.1) is 5.92 Å². The van der Waals surface area contributed by atoms with Crippen molar-refractivity contribution in [1.29, 1.82) is 0 Å². The first-order valence-corrected chi connectivity index (χ1v) is 10.1. The lowest BCUT2D eigenvalue weighted by Gasteiger charge is -2.25. The number of carbonyl (C=O) groups is 2. The molecule has 1 rings (SSSR count). The van der Waals surface area contributed by atoms with Crippen LogP contribution in [0.15, 0.2) is 30.0 Å². The molecule has 1 aromatic carbocycles. The summed E-state index contributed by atoms with van der Waals surface area (Å²) in [5.74, 6) is 1.17. The maximum absolute atomic E-state index is 12.5. The Bertz CT molecular complexity index is 766. The van der Waals surface area contributed by atoms with E-state index in [1.165, 1.54) is 20.3 Å². The van der Waals surface area contributed by atoms with Crippen LogP contribution in [-0.2, 0) is 19.0 Å². The summed E-state index contributed by atoms with van der Waals surface area (Å²) in [5.41, 5.74) is 0.0674. The summed E-state index contributed by atoms with van der Waals surface area (Å²) in [5, 5.41) is 2.86. The van der Waals surface area contributed by atoms with E-state index in [0.29, 0.717) is 23.9 Å². The maximum atomic E-state index is 12.5. The highest BCUT2D eigenvalue weighted by Crippen LogP contribution is 2.32. The number of rotatable bonds is 10. The van der Waals surface area contributed by atoms with Gasteiger partial charge in [-0.25, -0.2) is 9.59 Å². The molecule has 8 heteroatoms. The topological polar surface area (TPSA) is 92.3 Å². The van der Waals surface area contributed by atoms with Crippen molar-refractivity contribution in [3.8, 4) is 11.5 Å². The van der Waals surface area contributed by atoms with Gasteiger partial charge in [0.25, 0.3) is 0 Å². The summed E-state index contributed by atoms with van der Waals surface area (Å²) in [6.07, 6.45) is 0.900. The molecule has 8 nitrogen and oxygen atoms in total. The Morgan fingerprint density at radius 3 is 2.23 bits per heavy atom. The standard InChI is InChI=1S/C23H35NO7/c1-15(2)14-30-17(13-21(25)29-8)12-18(24-22(26)31-23(3,4)5)16-9-10-19(27-6)20(11-16)28-7/h9-11,13,15,18H,12,14H2,1-8H3,(H,24,26)/b17-13-. The minimum Gasteiger partial charge on any atom is -0.497 e. The Labute approximate surface area is 184 Å². The summed E-state index contributed by atoms with van der Waals surface area (Å²) >= 11 is 0. The molecule has 0 heterocycles. The van der Waals surface area contributed by atoms with Gasteiger partial charge in [-0.1, -0.05) is 19.9 Å². The summed E-state index contributed by atoms with van der Waals surface area (Å²) < 4.78 is 26.7. The van der Waals surface area contributed by atoms with Gasteiger partial charge in [-0.2, -0.15) is 0 Å². The normalized spacial score (nSPS) is 12.7. The average Bonchev–Trinajstić information content (AvgIpc) is 2.69. The monoisotopic (exact) mass is 437 g/mol. The molecule has 1 N–H and O–H groups in total. The molecule has 0 fully saturated rings. The molecule has 0 spiro atoms. The summed E-state index contributed by atoms with van der Waals surface area (Å²) in [4.78, 5) is 24.4. The molecule has 31 heavy (non-hydrogen) atoms. The Morgan fingerprint density at radius 2 is 1.71 bits per heavy atom. The molecule has 0 bridgehead atoms. The van der Waals surface area contributed by atoms with Gasteiger partial charge in [0.05, 0.1) is 40.1 Å². The maximum Gasteiger partial charge on any atom is 0.408 e. The number of hydrogen-bond donors (Lipinski definition) is 1. The fourth-order valence-corrected chi connectivity index (χ4v) is 2.60. The van der Waals surface area contributed by atoms with Crippen LogP contribution in [0.5, 0.6) is 11.5 Å². The second-order valence-electron chi connectivity index (χ2n) is 8.36. The van der Waals surface area contributed by atoms with Crippen LogP contribution >= 0.6 is 0 Å². The van der Waals surface area contributed by atoms with Crippen molar-refractivity contribution in [3.05, 3.63) is 35.6 Å². The highest BCUT2D eigenvalue weighted by atomic mass is 16.6. The number of carbonyl (C=O) groups excluding carboxylic acids is 2. The van der Waals surface area contributed by atoms with Crippen LogP contribution in [-0.4, -0.2) is 45.6 Å². The molecule has 1 atom stereocenters. The number of esters is 1. The van der Waals surface area contributed by atoms with Crippen molar-refractivity contribution < 1.29 is 33.3 Å². The summed E-state index contributed by atoms with van der Waals surface area (Å²) in [6, 6.07) is 4.76. The molecule has 1 amide bonds. The first-order chi connectivity index (χ1) is 14.5. The second-order valence-corrected chi connectivity index (χ2v) is 8.36. The molecular formula is C23H35NO7. The molecule has 174 valence electrons. The summed E-state index contributed by atoms with van der Waals surface area (Å²) in [7, 11) is 4.38.